The SMILES string of the molecule is CCCCOc1nc(N)c2[nH]c(=O)n(Cc3ccc(CNC(CO)CCC)cc3OC)c2n1. The topological polar surface area (TPSA) is 140 Å². The van der Waals surface area contributed by atoms with Gasteiger partial charge in [-0.15, -0.1) is 0 Å². The average molecular weight is 459 g/mol. The number of aromatic amines is 1. The quantitative estimate of drug-likeness (QED) is 0.286. The molecule has 1 aromatic carbocycles. The molecule has 1 atom stereocenters. The van der Waals surface area contributed by atoms with Crippen molar-refractivity contribution in [1.29, 1.82) is 0 Å². The second-order valence-electron chi connectivity index (χ2n) is 8.00. The molecule has 180 valence electrons. The molecule has 0 saturated carbocycles. The Labute approximate surface area is 193 Å². The van der Waals surface area contributed by atoms with Crippen LogP contribution in [-0.2, 0) is 13.1 Å². The van der Waals surface area contributed by atoms with Crippen molar-refractivity contribution in [3.05, 3.63) is 39.8 Å². The number of aromatic nitrogens is 4. The van der Waals surface area contributed by atoms with Crippen molar-refractivity contribution in [1.82, 2.24) is 24.8 Å². The third kappa shape index (κ3) is 6.02. The van der Waals surface area contributed by atoms with Gasteiger partial charge in [0.1, 0.15) is 11.3 Å². The van der Waals surface area contributed by atoms with Gasteiger partial charge in [0.25, 0.3) is 0 Å². The maximum absolute atomic E-state index is 12.7. The van der Waals surface area contributed by atoms with E-state index >= 15 is 0 Å². The normalized spacial score (nSPS) is 12.2. The fourth-order valence-electron chi connectivity index (χ4n) is 3.62. The highest BCUT2D eigenvalue weighted by molar-refractivity contribution is 5.82. The molecule has 33 heavy (non-hydrogen) atoms. The van der Waals surface area contributed by atoms with Crippen molar-refractivity contribution < 1.29 is 14.6 Å². The van der Waals surface area contributed by atoms with E-state index in [-0.39, 0.29) is 36.7 Å². The molecule has 0 aliphatic heterocycles. The minimum atomic E-state index is -0.338. The van der Waals surface area contributed by atoms with Crippen molar-refractivity contribution in [2.24, 2.45) is 0 Å². The highest BCUT2D eigenvalue weighted by Crippen LogP contribution is 2.24. The van der Waals surface area contributed by atoms with Gasteiger partial charge in [-0.3, -0.25) is 4.57 Å². The number of methoxy groups -OCH3 is 1. The maximum atomic E-state index is 12.7. The Morgan fingerprint density at radius 3 is 2.79 bits per heavy atom. The number of aliphatic hydroxyl groups is 1. The lowest BCUT2D eigenvalue weighted by Gasteiger charge is -2.16. The lowest BCUT2D eigenvalue weighted by atomic mass is 10.1. The number of benzene rings is 1. The molecule has 3 aromatic rings. The van der Waals surface area contributed by atoms with Gasteiger partial charge in [-0.25, -0.2) is 4.79 Å². The monoisotopic (exact) mass is 458 g/mol. The van der Waals surface area contributed by atoms with Gasteiger partial charge in [0, 0.05) is 18.2 Å². The first kappa shape index (κ1) is 24.5. The van der Waals surface area contributed by atoms with Crippen LogP contribution in [0.3, 0.4) is 0 Å². The van der Waals surface area contributed by atoms with Crippen LogP contribution in [-0.4, -0.2) is 51.0 Å². The number of nitrogens with zero attached hydrogens (tertiary/aromatic N) is 3. The molecular weight excluding hydrogens is 424 g/mol. The summed E-state index contributed by atoms with van der Waals surface area (Å²) in [5.41, 5.74) is 8.31. The van der Waals surface area contributed by atoms with E-state index in [1.54, 1.807) is 7.11 Å². The van der Waals surface area contributed by atoms with E-state index in [1.165, 1.54) is 4.57 Å². The fraction of sp³-hybridized carbons (Fsp3) is 0.522. The van der Waals surface area contributed by atoms with Crippen LogP contribution in [0.25, 0.3) is 11.2 Å². The van der Waals surface area contributed by atoms with E-state index in [1.807, 2.05) is 18.2 Å². The molecule has 0 aliphatic rings. The fourth-order valence-corrected chi connectivity index (χ4v) is 3.62. The van der Waals surface area contributed by atoms with Gasteiger partial charge >= 0.3 is 11.7 Å². The smallest absolute Gasteiger partial charge is 0.328 e. The number of nitrogens with one attached hydrogen (secondary N) is 2. The summed E-state index contributed by atoms with van der Waals surface area (Å²) in [5.74, 6) is 0.828. The lowest BCUT2D eigenvalue weighted by molar-refractivity contribution is 0.234. The van der Waals surface area contributed by atoms with Crippen LogP contribution in [0.5, 0.6) is 11.8 Å². The Bertz CT molecular complexity index is 1110. The first-order valence-electron chi connectivity index (χ1n) is 11.4. The van der Waals surface area contributed by atoms with Gasteiger partial charge in [0.2, 0.25) is 0 Å². The minimum Gasteiger partial charge on any atom is -0.496 e. The van der Waals surface area contributed by atoms with Crippen LogP contribution in [0.15, 0.2) is 23.0 Å². The Morgan fingerprint density at radius 1 is 1.27 bits per heavy atom. The van der Waals surface area contributed by atoms with Crippen LogP contribution in [0, 0.1) is 0 Å². The molecule has 3 rings (SSSR count). The Morgan fingerprint density at radius 2 is 2.09 bits per heavy atom. The zero-order chi connectivity index (χ0) is 23.8. The summed E-state index contributed by atoms with van der Waals surface area (Å²) in [6, 6.07) is 6.06. The van der Waals surface area contributed by atoms with Crippen molar-refractivity contribution in [2.45, 2.75) is 58.7 Å². The maximum Gasteiger partial charge on any atom is 0.328 e. The van der Waals surface area contributed by atoms with Gasteiger partial charge < -0.3 is 30.6 Å². The zero-order valence-electron chi connectivity index (χ0n) is 19.6. The van der Waals surface area contributed by atoms with E-state index in [4.69, 9.17) is 15.2 Å². The third-order valence-electron chi connectivity index (χ3n) is 5.49. The van der Waals surface area contributed by atoms with Gasteiger partial charge in [-0.05, 0) is 24.5 Å². The van der Waals surface area contributed by atoms with E-state index in [9.17, 15) is 9.90 Å². The number of unbranched alkanes of at least 4 members (excludes halogenated alkanes) is 1. The number of ether oxygens (including phenoxy) is 2. The summed E-state index contributed by atoms with van der Waals surface area (Å²) in [5, 5.41) is 12.8. The van der Waals surface area contributed by atoms with Gasteiger partial charge in [-0.1, -0.05) is 38.8 Å². The number of nitrogen functional groups attached to an aromatic ring is 1. The number of fused-ring (bicyclic) bond motifs is 1. The van der Waals surface area contributed by atoms with E-state index in [0.29, 0.717) is 30.1 Å². The van der Waals surface area contributed by atoms with E-state index in [2.05, 4.69) is 34.1 Å². The standard InChI is InChI=1S/C23H34N6O4/c1-4-6-10-33-22-27-20(24)19-21(28-22)29(23(31)26-19)13-16-9-8-15(11-18(16)32-3)12-25-17(14-30)7-5-2/h8-9,11,17,25,30H,4-7,10,12-14H2,1-3H3,(H,26,31)(H2,24,27,28). The second-order valence-corrected chi connectivity index (χ2v) is 8.00. The third-order valence-corrected chi connectivity index (χ3v) is 5.49. The number of rotatable bonds is 13. The van der Waals surface area contributed by atoms with Gasteiger partial charge in [0.05, 0.1) is 26.9 Å². The van der Waals surface area contributed by atoms with E-state index in [0.717, 1.165) is 36.8 Å². The molecule has 0 amide bonds. The zero-order valence-corrected chi connectivity index (χ0v) is 19.6. The Balaban J connectivity index is 1.85. The number of H-pyrrole nitrogens is 1. The highest BCUT2D eigenvalue weighted by atomic mass is 16.5. The Hall–Kier alpha value is -3.11. The summed E-state index contributed by atoms with van der Waals surface area (Å²) in [4.78, 5) is 24.0. The summed E-state index contributed by atoms with van der Waals surface area (Å²) in [6.45, 7) is 5.59. The molecule has 10 nitrogen and oxygen atoms in total. The second kappa shape index (κ2) is 11.7. The first-order chi connectivity index (χ1) is 16.0. The lowest BCUT2D eigenvalue weighted by Crippen LogP contribution is -2.31. The molecular formula is C23H34N6O4. The van der Waals surface area contributed by atoms with E-state index < -0.39 is 0 Å². The summed E-state index contributed by atoms with van der Waals surface area (Å²) in [6.07, 6.45) is 3.76. The number of hydrogen-bond donors (Lipinski definition) is 4. The predicted molar refractivity (Wildman–Crippen MR) is 128 cm³/mol. The van der Waals surface area contributed by atoms with Crippen molar-refractivity contribution in [2.75, 3.05) is 26.1 Å². The number of hydrogen-bond acceptors (Lipinski definition) is 8. The van der Waals surface area contributed by atoms with Crippen LogP contribution < -0.4 is 26.2 Å². The van der Waals surface area contributed by atoms with Crippen LogP contribution in [0.4, 0.5) is 5.82 Å². The molecule has 0 saturated heterocycles. The number of nitrogens with two attached hydrogens (primary N) is 1. The van der Waals surface area contributed by atoms with Crippen LogP contribution in [0.1, 0.15) is 50.7 Å². The minimum absolute atomic E-state index is 0.0596. The molecule has 1 unspecified atom stereocenters. The summed E-state index contributed by atoms with van der Waals surface area (Å²) < 4.78 is 12.7. The number of imidazole rings is 1. The molecule has 0 fully saturated rings. The van der Waals surface area contributed by atoms with Crippen molar-refractivity contribution in [3.63, 3.8) is 0 Å². The largest absolute Gasteiger partial charge is 0.496 e. The average Bonchev–Trinajstić information content (AvgIpc) is 3.13. The Kier molecular flexibility index (Phi) is 8.67. The molecule has 0 spiro atoms. The predicted octanol–water partition coefficient (Wildman–Crippen LogP) is 2.19. The summed E-state index contributed by atoms with van der Waals surface area (Å²) >= 11 is 0. The highest BCUT2D eigenvalue weighted by Gasteiger charge is 2.17. The molecule has 2 heterocycles. The van der Waals surface area contributed by atoms with Gasteiger partial charge in [0.15, 0.2) is 11.5 Å². The molecule has 0 radical (unpaired) electrons. The van der Waals surface area contributed by atoms with Crippen LogP contribution in [0.2, 0.25) is 0 Å². The van der Waals surface area contributed by atoms with Gasteiger partial charge in [-0.2, -0.15) is 9.97 Å². The molecule has 10 heteroatoms. The molecule has 0 bridgehead atoms. The number of anilines is 1. The first-order valence-corrected chi connectivity index (χ1v) is 11.4. The molecule has 0 aliphatic carbocycles. The molecule has 2 aromatic heterocycles. The number of aliphatic hydroxyl groups excluding tert-OH is 1. The summed E-state index contributed by atoms with van der Waals surface area (Å²) in [7, 11) is 1.60. The van der Waals surface area contributed by atoms with Crippen molar-refractivity contribution >= 4 is 17.0 Å². The molecule has 5 N–H and O–H groups in total. The van der Waals surface area contributed by atoms with Crippen molar-refractivity contribution in [3.8, 4) is 11.8 Å². The van der Waals surface area contributed by atoms with Crippen LogP contribution >= 0.6 is 0 Å².